The van der Waals surface area contributed by atoms with Gasteiger partial charge in [-0.15, -0.1) is 0 Å². The van der Waals surface area contributed by atoms with E-state index in [4.69, 9.17) is 9.47 Å². The summed E-state index contributed by atoms with van der Waals surface area (Å²) in [6.45, 7) is 2.35. The SMILES string of the molecule is CCOC(=O)[C@H](Cc1ccccc1)CP(=O)(O)[C@H]1CCCN1C(=O)OCc1ccccc1. The lowest BCUT2D eigenvalue weighted by molar-refractivity contribution is -0.147. The van der Waals surface area contributed by atoms with Crippen LogP contribution in [0.2, 0.25) is 0 Å². The van der Waals surface area contributed by atoms with Crippen LogP contribution in [-0.2, 0) is 31.9 Å². The molecular weight excluding hydrogens is 429 g/mol. The number of amides is 1. The molecule has 0 aromatic heterocycles. The van der Waals surface area contributed by atoms with Gasteiger partial charge in [0.25, 0.3) is 0 Å². The van der Waals surface area contributed by atoms with E-state index < -0.39 is 31.1 Å². The summed E-state index contributed by atoms with van der Waals surface area (Å²) in [5.41, 5.74) is 1.73. The zero-order valence-corrected chi connectivity index (χ0v) is 19.2. The minimum atomic E-state index is -3.89. The van der Waals surface area contributed by atoms with E-state index in [2.05, 4.69) is 0 Å². The lowest BCUT2D eigenvalue weighted by Crippen LogP contribution is -2.37. The van der Waals surface area contributed by atoms with Gasteiger partial charge in [0.15, 0.2) is 0 Å². The van der Waals surface area contributed by atoms with Crippen LogP contribution < -0.4 is 0 Å². The second-order valence-electron chi connectivity index (χ2n) is 7.93. The first-order valence-corrected chi connectivity index (χ1v) is 12.8. The highest BCUT2D eigenvalue weighted by Gasteiger charge is 2.44. The lowest BCUT2D eigenvalue weighted by atomic mass is 10.0. The van der Waals surface area contributed by atoms with Crippen LogP contribution >= 0.6 is 7.37 Å². The summed E-state index contributed by atoms with van der Waals surface area (Å²) in [5.74, 6) is -2.13. The number of hydrogen-bond acceptors (Lipinski definition) is 5. The fourth-order valence-electron chi connectivity index (χ4n) is 4.00. The van der Waals surface area contributed by atoms with Crippen molar-refractivity contribution in [3.8, 4) is 0 Å². The Bertz CT molecular complexity index is 936. The van der Waals surface area contributed by atoms with Gasteiger partial charge in [-0.25, -0.2) is 4.79 Å². The number of hydrogen-bond donors (Lipinski definition) is 1. The minimum Gasteiger partial charge on any atom is -0.466 e. The zero-order chi connectivity index (χ0) is 23.0. The first-order chi connectivity index (χ1) is 15.4. The molecule has 1 saturated heterocycles. The van der Waals surface area contributed by atoms with Crippen LogP contribution in [0.3, 0.4) is 0 Å². The first-order valence-electron chi connectivity index (χ1n) is 10.9. The molecule has 1 N–H and O–H groups in total. The second kappa shape index (κ2) is 11.3. The van der Waals surface area contributed by atoms with Gasteiger partial charge in [-0.3, -0.25) is 14.3 Å². The van der Waals surface area contributed by atoms with Crippen molar-refractivity contribution < 1.29 is 28.5 Å². The molecule has 0 spiro atoms. The molecular formula is C24H30NO6P. The normalized spacial score (nSPS) is 18.6. The Kier molecular flexibility index (Phi) is 8.48. The third-order valence-electron chi connectivity index (χ3n) is 5.55. The molecule has 32 heavy (non-hydrogen) atoms. The maximum atomic E-state index is 13.4. The smallest absolute Gasteiger partial charge is 0.410 e. The second-order valence-corrected chi connectivity index (χ2v) is 10.4. The number of ether oxygens (including phenoxy) is 2. The van der Waals surface area contributed by atoms with Crippen molar-refractivity contribution in [3.05, 3.63) is 71.8 Å². The molecule has 172 valence electrons. The summed E-state index contributed by atoms with van der Waals surface area (Å²) < 4.78 is 24.0. The van der Waals surface area contributed by atoms with E-state index in [0.717, 1.165) is 11.1 Å². The number of rotatable bonds is 9. The Morgan fingerprint density at radius 3 is 2.31 bits per heavy atom. The summed E-state index contributed by atoms with van der Waals surface area (Å²) in [5, 5.41) is 0. The van der Waals surface area contributed by atoms with E-state index in [1.807, 2.05) is 60.7 Å². The molecule has 2 aromatic carbocycles. The summed E-state index contributed by atoms with van der Waals surface area (Å²) in [6, 6.07) is 18.6. The predicted molar refractivity (Wildman–Crippen MR) is 121 cm³/mol. The van der Waals surface area contributed by atoms with E-state index in [0.29, 0.717) is 25.8 Å². The average Bonchev–Trinajstić information content (AvgIpc) is 3.30. The molecule has 0 bridgehead atoms. The van der Waals surface area contributed by atoms with Crippen molar-refractivity contribution in [3.63, 3.8) is 0 Å². The highest BCUT2D eigenvalue weighted by atomic mass is 31.2. The molecule has 3 atom stereocenters. The van der Waals surface area contributed by atoms with Gasteiger partial charge in [0.2, 0.25) is 7.37 Å². The van der Waals surface area contributed by atoms with Gasteiger partial charge in [0.05, 0.1) is 12.5 Å². The van der Waals surface area contributed by atoms with Gasteiger partial charge < -0.3 is 14.4 Å². The van der Waals surface area contributed by atoms with E-state index >= 15 is 0 Å². The Hall–Kier alpha value is -2.63. The first kappa shape index (κ1) is 24.0. The van der Waals surface area contributed by atoms with Gasteiger partial charge in [-0.05, 0) is 37.3 Å². The Balaban J connectivity index is 1.69. The quantitative estimate of drug-likeness (QED) is 0.440. The largest absolute Gasteiger partial charge is 0.466 e. The lowest BCUT2D eigenvalue weighted by Gasteiger charge is -2.29. The van der Waals surface area contributed by atoms with Gasteiger partial charge in [0, 0.05) is 12.7 Å². The predicted octanol–water partition coefficient (Wildman–Crippen LogP) is 4.44. The fraction of sp³-hybridized carbons (Fsp3) is 0.417. The standard InChI is InChI=1S/C24H30NO6P/c1-2-30-23(26)21(16-19-10-5-3-6-11-19)18-32(28,29)22-14-9-15-25(22)24(27)31-17-20-12-7-4-8-13-20/h3-8,10-13,21-22H,2,9,14-18H2,1H3,(H,28,29)/t21-,22+/m1/s1. The molecule has 8 heteroatoms. The van der Waals surface area contributed by atoms with Crippen molar-refractivity contribution in [2.45, 2.75) is 38.6 Å². The monoisotopic (exact) mass is 459 g/mol. The van der Waals surface area contributed by atoms with E-state index in [-0.39, 0.29) is 19.4 Å². The molecule has 0 radical (unpaired) electrons. The van der Waals surface area contributed by atoms with Gasteiger partial charge in [-0.1, -0.05) is 60.7 Å². The molecule has 0 saturated carbocycles. The molecule has 7 nitrogen and oxygen atoms in total. The van der Waals surface area contributed by atoms with E-state index in [1.165, 1.54) is 4.90 Å². The molecule has 1 aliphatic heterocycles. The topological polar surface area (TPSA) is 93.1 Å². The van der Waals surface area contributed by atoms with Crippen LogP contribution in [0.4, 0.5) is 4.79 Å². The Morgan fingerprint density at radius 2 is 1.69 bits per heavy atom. The van der Waals surface area contributed by atoms with Crippen molar-refractivity contribution >= 4 is 19.4 Å². The van der Waals surface area contributed by atoms with Crippen LogP contribution in [0.5, 0.6) is 0 Å². The molecule has 1 heterocycles. The number of nitrogens with zero attached hydrogens (tertiary/aromatic N) is 1. The highest BCUT2D eigenvalue weighted by molar-refractivity contribution is 7.58. The number of likely N-dealkylation sites (tertiary alicyclic amines) is 1. The average molecular weight is 459 g/mol. The number of carbonyl (C=O) groups is 2. The van der Waals surface area contributed by atoms with Crippen molar-refractivity contribution in [1.82, 2.24) is 4.90 Å². The van der Waals surface area contributed by atoms with Crippen LogP contribution in [-0.4, -0.2) is 47.0 Å². The number of carbonyl (C=O) groups excluding carboxylic acids is 2. The van der Waals surface area contributed by atoms with Crippen LogP contribution in [0.15, 0.2) is 60.7 Å². The molecule has 1 fully saturated rings. The summed E-state index contributed by atoms with van der Waals surface area (Å²) in [7, 11) is -3.89. The van der Waals surface area contributed by atoms with E-state index in [9.17, 15) is 19.0 Å². The molecule has 1 amide bonds. The Labute approximate surface area is 188 Å². The van der Waals surface area contributed by atoms with Gasteiger partial charge >= 0.3 is 12.1 Å². The number of esters is 1. The zero-order valence-electron chi connectivity index (χ0n) is 18.3. The van der Waals surface area contributed by atoms with Crippen molar-refractivity contribution in [2.75, 3.05) is 19.3 Å². The van der Waals surface area contributed by atoms with Crippen LogP contribution in [0, 0.1) is 5.92 Å². The fourth-order valence-corrected chi connectivity index (χ4v) is 6.39. The van der Waals surface area contributed by atoms with Gasteiger partial charge in [-0.2, -0.15) is 0 Å². The molecule has 0 aliphatic carbocycles. The van der Waals surface area contributed by atoms with E-state index in [1.54, 1.807) is 6.92 Å². The van der Waals surface area contributed by atoms with Crippen molar-refractivity contribution in [1.29, 1.82) is 0 Å². The minimum absolute atomic E-state index is 0.0953. The molecule has 1 aliphatic rings. The van der Waals surface area contributed by atoms with Crippen LogP contribution in [0.1, 0.15) is 30.9 Å². The summed E-state index contributed by atoms with van der Waals surface area (Å²) in [6.07, 6.45) is 0.456. The third-order valence-corrected chi connectivity index (χ3v) is 7.99. The highest BCUT2D eigenvalue weighted by Crippen LogP contribution is 2.53. The summed E-state index contributed by atoms with van der Waals surface area (Å²) >= 11 is 0. The molecule has 1 unspecified atom stereocenters. The number of benzene rings is 2. The summed E-state index contributed by atoms with van der Waals surface area (Å²) in [4.78, 5) is 37.5. The maximum Gasteiger partial charge on any atom is 0.410 e. The molecule has 2 aromatic rings. The third kappa shape index (κ3) is 6.44. The van der Waals surface area contributed by atoms with Crippen molar-refractivity contribution in [2.24, 2.45) is 5.92 Å². The molecule has 3 rings (SSSR count). The van der Waals surface area contributed by atoms with Gasteiger partial charge in [0.1, 0.15) is 12.4 Å². The Morgan fingerprint density at radius 1 is 1.06 bits per heavy atom. The van der Waals surface area contributed by atoms with Crippen LogP contribution in [0.25, 0.3) is 0 Å². The maximum absolute atomic E-state index is 13.4.